The molecule has 1 amide bonds. The Labute approximate surface area is 138 Å². The van der Waals surface area contributed by atoms with Crippen LogP contribution in [0, 0.1) is 5.92 Å². The fraction of sp³-hybridized carbons (Fsp3) is 0.643. The predicted octanol–water partition coefficient (Wildman–Crippen LogP) is 3.54. The van der Waals surface area contributed by atoms with Gasteiger partial charge in [0.1, 0.15) is 4.88 Å². The Morgan fingerprint density at radius 2 is 2.05 bits per heavy atom. The molecule has 1 aromatic heterocycles. The summed E-state index contributed by atoms with van der Waals surface area (Å²) < 4.78 is 0.927. The summed E-state index contributed by atoms with van der Waals surface area (Å²) >= 11 is 4.96. The molecule has 0 unspecified atom stereocenters. The van der Waals surface area contributed by atoms with Gasteiger partial charge in [-0.1, -0.05) is 0 Å². The highest BCUT2D eigenvalue weighted by Crippen LogP contribution is 2.28. The molecule has 20 heavy (non-hydrogen) atoms. The number of rotatable bonds is 4. The Morgan fingerprint density at radius 1 is 1.35 bits per heavy atom. The standard InChI is InChI=1S/C14H19BrN2OS.ClH/c15-12-5-8-19-13(12)14(18)17-6-3-11(4-7-17)16-9-10-1-2-10;/h5,8,10-11,16H,1-4,6-7,9H2;1H. The van der Waals surface area contributed by atoms with Crippen molar-refractivity contribution in [3.63, 3.8) is 0 Å². The van der Waals surface area contributed by atoms with Crippen LogP contribution in [-0.4, -0.2) is 36.5 Å². The average molecular weight is 380 g/mol. The van der Waals surface area contributed by atoms with Gasteiger partial charge in [-0.15, -0.1) is 23.7 Å². The van der Waals surface area contributed by atoms with Crippen molar-refractivity contribution in [1.82, 2.24) is 10.2 Å². The number of carbonyl (C=O) groups is 1. The van der Waals surface area contributed by atoms with Crippen LogP contribution >= 0.6 is 39.7 Å². The Morgan fingerprint density at radius 3 is 2.60 bits per heavy atom. The van der Waals surface area contributed by atoms with Gasteiger partial charge >= 0.3 is 0 Å². The summed E-state index contributed by atoms with van der Waals surface area (Å²) in [5.74, 6) is 1.12. The van der Waals surface area contributed by atoms with E-state index < -0.39 is 0 Å². The van der Waals surface area contributed by atoms with E-state index >= 15 is 0 Å². The van der Waals surface area contributed by atoms with Crippen molar-refractivity contribution in [2.45, 2.75) is 31.7 Å². The van der Waals surface area contributed by atoms with Crippen LogP contribution in [0.2, 0.25) is 0 Å². The van der Waals surface area contributed by atoms with E-state index in [0.29, 0.717) is 6.04 Å². The molecule has 0 spiro atoms. The molecule has 0 bridgehead atoms. The Hall–Kier alpha value is -0.100. The second-order valence-electron chi connectivity index (χ2n) is 5.52. The summed E-state index contributed by atoms with van der Waals surface area (Å²) in [5, 5.41) is 5.60. The second kappa shape index (κ2) is 7.25. The van der Waals surface area contributed by atoms with Gasteiger partial charge in [0.05, 0.1) is 0 Å². The van der Waals surface area contributed by atoms with E-state index in [1.165, 1.54) is 30.7 Å². The van der Waals surface area contributed by atoms with Crippen LogP contribution in [0.5, 0.6) is 0 Å². The lowest BCUT2D eigenvalue weighted by Gasteiger charge is -2.32. The molecule has 2 heterocycles. The number of nitrogens with one attached hydrogen (secondary N) is 1. The second-order valence-corrected chi connectivity index (χ2v) is 7.29. The van der Waals surface area contributed by atoms with Crippen LogP contribution in [0.3, 0.4) is 0 Å². The minimum Gasteiger partial charge on any atom is -0.338 e. The van der Waals surface area contributed by atoms with Crippen molar-refractivity contribution in [2.24, 2.45) is 5.92 Å². The van der Waals surface area contributed by atoms with E-state index in [1.54, 1.807) is 0 Å². The van der Waals surface area contributed by atoms with E-state index in [0.717, 1.165) is 41.2 Å². The number of likely N-dealkylation sites (tertiary alicyclic amines) is 1. The summed E-state index contributed by atoms with van der Waals surface area (Å²) in [6.45, 7) is 2.94. The number of thiophene rings is 1. The van der Waals surface area contributed by atoms with Gasteiger partial charge in [0.2, 0.25) is 0 Å². The Kier molecular flexibility index (Phi) is 5.90. The lowest BCUT2D eigenvalue weighted by molar-refractivity contribution is 0.0709. The molecule has 0 atom stereocenters. The molecule has 112 valence electrons. The number of halogens is 2. The fourth-order valence-corrected chi connectivity index (χ4v) is 4.04. The van der Waals surface area contributed by atoms with Gasteiger partial charge in [0, 0.05) is 23.6 Å². The monoisotopic (exact) mass is 378 g/mol. The molecule has 1 aliphatic carbocycles. The smallest absolute Gasteiger partial charge is 0.265 e. The topological polar surface area (TPSA) is 32.3 Å². The summed E-state index contributed by atoms with van der Waals surface area (Å²) in [5.41, 5.74) is 0. The largest absolute Gasteiger partial charge is 0.338 e. The number of hydrogen-bond donors (Lipinski definition) is 1. The first kappa shape index (κ1) is 16.3. The van der Waals surface area contributed by atoms with Crippen LogP contribution in [0.15, 0.2) is 15.9 Å². The van der Waals surface area contributed by atoms with Crippen LogP contribution < -0.4 is 5.32 Å². The molecule has 2 fully saturated rings. The zero-order valence-corrected chi connectivity index (χ0v) is 14.5. The molecule has 0 radical (unpaired) electrons. The molecule has 6 heteroatoms. The quantitative estimate of drug-likeness (QED) is 0.868. The van der Waals surface area contributed by atoms with Gasteiger partial charge in [-0.3, -0.25) is 4.79 Å². The van der Waals surface area contributed by atoms with Crippen molar-refractivity contribution in [3.8, 4) is 0 Å². The molecule has 1 aromatic rings. The summed E-state index contributed by atoms with van der Waals surface area (Å²) in [6, 6.07) is 2.55. The molecule has 1 saturated carbocycles. The van der Waals surface area contributed by atoms with Crippen LogP contribution in [-0.2, 0) is 0 Å². The minimum absolute atomic E-state index is 0. The maximum Gasteiger partial charge on any atom is 0.265 e. The normalized spacial score (nSPS) is 19.8. The molecule has 3 rings (SSSR count). The third-order valence-electron chi connectivity index (χ3n) is 3.99. The third kappa shape index (κ3) is 3.97. The zero-order valence-electron chi connectivity index (χ0n) is 11.3. The highest BCUT2D eigenvalue weighted by molar-refractivity contribution is 9.10. The number of piperidine rings is 1. The highest BCUT2D eigenvalue weighted by Gasteiger charge is 2.27. The number of amides is 1. The highest BCUT2D eigenvalue weighted by atomic mass is 79.9. The molecule has 3 nitrogen and oxygen atoms in total. The summed E-state index contributed by atoms with van der Waals surface area (Å²) in [7, 11) is 0. The van der Waals surface area contributed by atoms with Gasteiger partial charge in [-0.05, 0) is 65.5 Å². The molecule has 0 aromatic carbocycles. The van der Waals surface area contributed by atoms with Crippen molar-refractivity contribution >= 4 is 45.6 Å². The van der Waals surface area contributed by atoms with Gasteiger partial charge in [0.25, 0.3) is 5.91 Å². The van der Waals surface area contributed by atoms with Crippen LogP contribution in [0.4, 0.5) is 0 Å². The number of hydrogen-bond acceptors (Lipinski definition) is 3. The Bertz CT molecular complexity index is 456. The first-order valence-electron chi connectivity index (χ1n) is 6.99. The molecule has 1 saturated heterocycles. The van der Waals surface area contributed by atoms with E-state index in [1.807, 2.05) is 16.3 Å². The number of carbonyl (C=O) groups excluding carboxylic acids is 1. The van der Waals surface area contributed by atoms with Gasteiger partial charge in [0.15, 0.2) is 0 Å². The number of nitrogens with zero attached hydrogens (tertiary/aromatic N) is 1. The SMILES string of the molecule is Cl.O=C(c1sccc1Br)N1CCC(NCC2CC2)CC1. The van der Waals surface area contributed by atoms with Crippen molar-refractivity contribution in [3.05, 3.63) is 20.8 Å². The minimum atomic E-state index is 0. The van der Waals surface area contributed by atoms with E-state index in [4.69, 9.17) is 0 Å². The van der Waals surface area contributed by atoms with Gasteiger partial charge in [-0.2, -0.15) is 0 Å². The van der Waals surface area contributed by atoms with Gasteiger partial charge < -0.3 is 10.2 Å². The van der Waals surface area contributed by atoms with Crippen LogP contribution in [0.1, 0.15) is 35.4 Å². The lowest BCUT2D eigenvalue weighted by Crippen LogP contribution is -2.45. The molecule has 1 N–H and O–H groups in total. The third-order valence-corrected chi connectivity index (χ3v) is 5.81. The maximum absolute atomic E-state index is 12.4. The van der Waals surface area contributed by atoms with Crippen molar-refractivity contribution in [2.75, 3.05) is 19.6 Å². The van der Waals surface area contributed by atoms with E-state index in [-0.39, 0.29) is 18.3 Å². The molecule has 2 aliphatic rings. The fourth-order valence-electron chi connectivity index (χ4n) is 2.53. The van der Waals surface area contributed by atoms with E-state index in [2.05, 4.69) is 21.2 Å². The average Bonchev–Trinajstić information content (AvgIpc) is 3.17. The maximum atomic E-state index is 12.4. The Balaban J connectivity index is 0.00000147. The van der Waals surface area contributed by atoms with Crippen molar-refractivity contribution in [1.29, 1.82) is 0 Å². The van der Waals surface area contributed by atoms with Crippen LogP contribution in [0.25, 0.3) is 0 Å². The van der Waals surface area contributed by atoms with Crippen molar-refractivity contribution < 1.29 is 4.79 Å². The summed E-state index contributed by atoms with van der Waals surface area (Å²) in [6.07, 6.45) is 4.97. The first-order valence-corrected chi connectivity index (χ1v) is 8.67. The molecular weight excluding hydrogens is 360 g/mol. The summed E-state index contributed by atoms with van der Waals surface area (Å²) in [4.78, 5) is 15.2. The predicted molar refractivity (Wildman–Crippen MR) is 88.9 cm³/mol. The lowest BCUT2D eigenvalue weighted by atomic mass is 10.0. The van der Waals surface area contributed by atoms with E-state index in [9.17, 15) is 4.79 Å². The molecule has 1 aliphatic heterocycles. The van der Waals surface area contributed by atoms with Gasteiger partial charge in [-0.25, -0.2) is 0 Å². The first-order chi connectivity index (χ1) is 9.24. The molecular formula is C14H20BrClN2OS. The zero-order chi connectivity index (χ0) is 13.2.